The molecule has 0 bridgehead atoms. The maximum Gasteiger partial charge on any atom is 0.416 e. The van der Waals surface area contributed by atoms with Crippen molar-refractivity contribution in [2.75, 3.05) is 6.54 Å². The molecule has 2 aromatic carbocycles. The Morgan fingerprint density at radius 3 is 2.41 bits per heavy atom. The molecule has 1 aromatic heterocycles. The Morgan fingerprint density at radius 1 is 1.00 bits per heavy atom. The Kier molecular flexibility index (Phi) is 9.56. The Labute approximate surface area is 202 Å². The maximum atomic E-state index is 12.8. The van der Waals surface area contributed by atoms with E-state index in [0.29, 0.717) is 23.8 Å². The van der Waals surface area contributed by atoms with E-state index in [1.54, 1.807) is 0 Å². The number of alkyl halides is 3. The number of halogens is 3. The van der Waals surface area contributed by atoms with Gasteiger partial charge in [0.25, 0.3) is 0 Å². The van der Waals surface area contributed by atoms with Crippen LogP contribution in [0, 0.1) is 0 Å². The van der Waals surface area contributed by atoms with Crippen LogP contribution in [0.3, 0.4) is 0 Å². The molecule has 34 heavy (non-hydrogen) atoms. The van der Waals surface area contributed by atoms with E-state index in [9.17, 15) is 18.0 Å². The van der Waals surface area contributed by atoms with Crippen LogP contribution in [0.25, 0.3) is 5.69 Å². The topological polar surface area (TPSA) is 59.8 Å². The molecule has 3 aromatic rings. The number of para-hydroxylation sites is 1. The monoisotopic (exact) mass is 490 g/mol. The molecule has 9 heteroatoms. The van der Waals surface area contributed by atoms with E-state index in [4.69, 9.17) is 0 Å². The first-order valence-corrected chi connectivity index (χ1v) is 12.4. The number of nitrogens with one attached hydrogen (secondary N) is 1. The van der Waals surface area contributed by atoms with Gasteiger partial charge in [0.15, 0.2) is 5.16 Å². The summed E-state index contributed by atoms with van der Waals surface area (Å²) in [5, 5.41) is 12.3. The lowest BCUT2D eigenvalue weighted by Crippen LogP contribution is -2.23. The number of thioether (sulfide) groups is 1. The third-order valence-corrected chi connectivity index (χ3v) is 6.27. The van der Waals surface area contributed by atoms with Crippen molar-refractivity contribution in [3.8, 4) is 5.69 Å². The van der Waals surface area contributed by atoms with Crippen LogP contribution >= 0.6 is 11.8 Å². The average Bonchev–Trinajstić information content (AvgIpc) is 3.23. The summed E-state index contributed by atoms with van der Waals surface area (Å²) in [5.74, 6) is 1.35. The predicted molar refractivity (Wildman–Crippen MR) is 128 cm³/mol. The molecule has 0 atom stereocenters. The summed E-state index contributed by atoms with van der Waals surface area (Å²) in [5.41, 5.74) is 1.04. The van der Waals surface area contributed by atoms with Gasteiger partial charge in [-0.25, -0.2) is 0 Å². The summed E-state index contributed by atoms with van der Waals surface area (Å²) in [6.45, 7) is 2.81. The number of benzene rings is 2. The zero-order chi connectivity index (χ0) is 24.4. The number of rotatable bonds is 12. The smallest absolute Gasteiger partial charge is 0.356 e. The van der Waals surface area contributed by atoms with Gasteiger partial charge in [0.2, 0.25) is 5.91 Å². The molecular formula is C25H29F3N4OS. The van der Waals surface area contributed by atoms with Gasteiger partial charge in [-0.15, -0.1) is 10.2 Å². The summed E-state index contributed by atoms with van der Waals surface area (Å²) in [7, 11) is 0. The SMILES string of the molecule is CCCCNC(=O)CCCCc1nnc(SCc2ccc(C(F)(F)F)cc2)n1-c1ccccc1. The summed E-state index contributed by atoms with van der Waals surface area (Å²) >= 11 is 1.43. The van der Waals surface area contributed by atoms with Crippen LogP contribution < -0.4 is 5.32 Å². The van der Waals surface area contributed by atoms with Crippen LogP contribution in [-0.2, 0) is 23.1 Å². The lowest BCUT2D eigenvalue weighted by atomic mass is 10.1. The van der Waals surface area contributed by atoms with Gasteiger partial charge in [0.1, 0.15) is 5.82 Å². The summed E-state index contributed by atoms with van der Waals surface area (Å²) in [4.78, 5) is 11.9. The first-order valence-electron chi connectivity index (χ1n) is 11.4. The molecule has 0 aliphatic heterocycles. The average molecular weight is 491 g/mol. The molecule has 0 unspecified atom stereocenters. The van der Waals surface area contributed by atoms with Crippen molar-refractivity contribution in [1.82, 2.24) is 20.1 Å². The third kappa shape index (κ3) is 7.62. The predicted octanol–water partition coefficient (Wildman–Crippen LogP) is 6.21. The second kappa shape index (κ2) is 12.6. The van der Waals surface area contributed by atoms with E-state index >= 15 is 0 Å². The van der Waals surface area contributed by atoms with E-state index < -0.39 is 11.7 Å². The zero-order valence-corrected chi connectivity index (χ0v) is 20.0. The van der Waals surface area contributed by atoms with Crippen molar-refractivity contribution < 1.29 is 18.0 Å². The molecule has 182 valence electrons. The van der Waals surface area contributed by atoms with Gasteiger partial charge in [-0.2, -0.15) is 13.2 Å². The first kappa shape index (κ1) is 25.8. The van der Waals surface area contributed by atoms with Crippen LogP contribution in [0.4, 0.5) is 13.2 Å². The second-order valence-corrected chi connectivity index (χ2v) is 8.91. The number of hydrogen-bond acceptors (Lipinski definition) is 4. The number of hydrogen-bond donors (Lipinski definition) is 1. The molecule has 0 spiro atoms. The number of aromatic nitrogens is 3. The van der Waals surface area contributed by atoms with Crippen molar-refractivity contribution in [1.29, 1.82) is 0 Å². The molecule has 0 saturated carbocycles. The van der Waals surface area contributed by atoms with Gasteiger partial charge in [-0.05, 0) is 49.1 Å². The van der Waals surface area contributed by atoms with Gasteiger partial charge in [-0.3, -0.25) is 9.36 Å². The van der Waals surface area contributed by atoms with Crippen LogP contribution in [0.5, 0.6) is 0 Å². The number of carbonyl (C=O) groups excluding carboxylic acids is 1. The highest BCUT2D eigenvalue weighted by molar-refractivity contribution is 7.98. The van der Waals surface area contributed by atoms with Crippen molar-refractivity contribution in [3.05, 3.63) is 71.5 Å². The van der Waals surface area contributed by atoms with E-state index in [0.717, 1.165) is 61.4 Å². The molecular weight excluding hydrogens is 461 g/mol. The second-order valence-electron chi connectivity index (χ2n) is 7.96. The van der Waals surface area contributed by atoms with Gasteiger partial charge in [0, 0.05) is 30.8 Å². The fourth-order valence-corrected chi connectivity index (χ4v) is 4.32. The summed E-state index contributed by atoms with van der Waals surface area (Å²) in [6, 6.07) is 14.9. The third-order valence-electron chi connectivity index (χ3n) is 5.27. The number of amides is 1. The molecule has 0 aliphatic rings. The normalized spacial score (nSPS) is 11.5. The number of carbonyl (C=O) groups is 1. The quantitative estimate of drug-likeness (QED) is 0.242. The molecule has 0 fully saturated rings. The fraction of sp³-hybridized carbons (Fsp3) is 0.400. The number of aryl methyl sites for hydroxylation is 1. The van der Waals surface area contributed by atoms with E-state index in [1.165, 1.54) is 23.9 Å². The van der Waals surface area contributed by atoms with Gasteiger partial charge >= 0.3 is 6.18 Å². The first-order chi connectivity index (χ1) is 16.4. The molecule has 1 heterocycles. The summed E-state index contributed by atoms with van der Waals surface area (Å²) in [6.07, 6.45) is 0.408. The lowest BCUT2D eigenvalue weighted by molar-refractivity contribution is -0.137. The number of nitrogens with zero attached hydrogens (tertiary/aromatic N) is 3. The molecule has 0 radical (unpaired) electrons. The van der Waals surface area contributed by atoms with Crippen molar-refractivity contribution in [2.24, 2.45) is 0 Å². The highest BCUT2D eigenvalue weighted by Crippen LogP contribution is 2.31. The molecule has 1 N–H and O–H groups in total. The molecule has 1 amide bonds. The van der Waals surface area contributed by atoms with E-state index in [-0.39, 0.29) is 5.91 Å². The highest BCUT2D eigenvalue weighted by atomic mass is 32.2. The Morgan fingerprint density at radius 2 is 1.74 bits per heavy atom. The standard InChI is InChI=1S/C25H29F3N4OS/c1-2-3-17-29-23(33)12-8-7-11-22-30-31-24(32(22)21-9-5-4-6-10-21)34-18-19-13-15-20(16-14-19)25(26,27)28/h4-6,9-10,13-16H,2-3,7-8,11-12,17-18H2,1H3,(H,29,33). The van der Waals surface area contributed by atoms with E-state index in [1.807, 2.05) is 34.9 Å². The van der Waals surface area contributed by atoms with Crippen LogP contribution in [0.15, 0.2) is 59.8 Å². The van der Waals surface area contributed by atoms with Crippen LogP contribution in [-0.4, -0.2) is 27.2 Å². The molecule has 3 rings (SSSR count). The van der Waals surface area contributed by atoms with Crippen molar-refractivity contribution in [2.45, 2.75) is 62.5 Å². The minimum absolute atomic E-state index is 0.0748. The number of unbranched alkanes of at least 4 members (excludes halogenated alkanes) is 2. The molecule has 0 saturated heterocycles. The Hall–Kier alpha value is -2.81. The summed E-state index contributed by atoms with van der Waals surface area (Å²) < 4.78 is 40.4. The van der Waals surface area contributed by atoms with Gasteiger partial charge < -0.3 is 5.32 Å². The zero-order valence-electron chi connectivity index (χ0n) is 19.1. The Bertz CT molecular complexity index is 1040. The molecule has 0 aliphatic carbocycles. The van der Waals surface area contributed by atoms with E-state index in [2.05, 4.69) is 22.4 Å². The Balaban J connectivity index is 1.63. The lowest BCUT2D eigenvalue weighted by Gasteiger charge is -2.11. The minimum Gasteiger partial charge on any atom is -0.356 e. The van der Waals surface area contributed by atoms with Crippen molar-refractivity contribution in [3.63, 3.8) is 0 Å². The van der Waals surface area contributed by atoms with Crippen LogP contribution in [0.1, 0.15) is 56.0 Å². The minimum atomic E-state index is -4.34. The highest BCUT2D eigenvalue weighted by Gasteiger charge is 2.29. The van der Waals surface area contributed by atoms with Crippen molar-refractivity contribution >= 4 is 17.7 Å². The van der Waals surface area contributed by atoms with Gasteiger partial charge in [0.05, 0.1) is 5.56 Å². The van der Waals surface area contributed by atoms with Crippen LogP contribution in [0.2, 0.25) is 0 Å². The molecule has 5 nitrogen and oxygen atoms in total. The maximum absolute atomic E-state index is 12.8. The largest absolute Gasteiger partial charge is 0.416 e. The van der Waals surface area contributed by atoms with Gasteiger partial charge in [-0.1, -0.05) is 55.4 Å². The fourth-order valence-electron chi connectivity index (χ4n) is 3.39.